The van der Waals surface area contributed by atoms with Gasteiger partial charge >= 0.3 is 0 Å². The van der Waals surface area contributed by atoms with Crippen LogP contribution in [0.1, 0.15) is 24.8 Å². The lowest BCUT2D eigenvalue weighted by atomic mass is 9.80. The summed E-state index contributed by atoms with van der Waals surface area (Å²) in [5.41, 5.74) is 1.07. The molecule has 0 radical (unpaired) electrons. The minimum Gasteiger partial charge on any atom is -0.393 e. The molecule has 4 rings (SSSR count). The van der Waals surface area contributed by atoms with Crippen LogP contribution in [0.15, 0.2) is 24.3 Å². The van der Waals surface area contributed by atoms with E-state index in [0.29, 0.717) is 18.4 Å². The lowest BCUT2D eigenvalue weighted by Crippen LogP contribution is -2.26. The van der Waals surface area contributed by atoms with E-state index in [9.17, 15) is 9.50 Å². The molecule has 2 aliphatic rings. The van der Waals surface area contributed by atoms with Crippen molar-refractivity contribution in [3.8, 4) is 0 Å². The number of aromatic nitrogens is 4. The number of aryl methyl sites for hydroxylation is 2. The van der Waals surface area contributed by atoms with Crippen molar-refractivity contribution in [2.45, 2.75) is 38.3 Å². The van der Waals surface area contributed by atoms with Crippen LogP contribution in [0.5, 0.6) is 0 Å². The number of hydrogen-bond donors (Lipinski definition) is 1. The molecule has 3 atom stereocenters. The Balaban J connectivity index is 1.42. The fourth-order valence-electron chi connectivity index (χ4n) is 4.03. The van der Waals surface area contributed by atoms with Crippen LogP contribution in [0.3, 0.4) is 0 Å². The van der Waals surface area contributed by atoms with Gasteiger partial charge in [-0.05, 0) is 65.6 Å². The Hall–Kier alpha value is -2.02. The highest BCUT2D eigenvalue weighted by Crippen LogP contribution is 2.37. The number of rotatable bonds is 4. The van der Waals surface area contributed by atoms with Gasteiger partial charge in [0.15, 0.2) is 0 Å². The monoisotopic (exact) mass is 331 g/mol. The predicted molar refractivity (Wildman–Crippen MR) is 87.0 cm³/mol. The zero-order valence-corrected chi connectivity index (χ0v) is 13.6. The Labute approximate surface area is 140 Å². The maximum atomic E-state index is 13.0. The molecule has 1 saturated carbocycles. The highest BCUT2D eigenvalue weighted by molar-refractivity contribution is 5.31. The van der Waals surface area contributed by atoms with Crippen molar-refractivity contribution in [3.05, 3.63) is 35.6 Å². The third-order valence-electron chi connectivity index (χ3n) is 5.34. The molecule has 7 heteroatoms. The molecule has 6 nitrogen and oxygen atoms in total. The van der Waals surface area contributed by atoms with Gasteiger partial charge in [0.05, 0.1) is 12.6 Å². The highest BCUT2D eigenvalue weighted by Gasteiger charge is 2.38. The van der Waals surface area contributed by atoms with Gasteiger partial charge in [0.25, 0.3) is 0 Å². The van der Waals surface area contributed by atoms with Gasteiger partial charge in [-0.15, -0.1) is 0 Å². The Morgan fingerprint density at radius 2 is 1.92 bits per heavy atom. The second-order valence-electron chi connectivity index (χ2n) is 6.97. The van der Waals surface area contributed by atoms with Crippen LogP contribution < -0.4 is 4.90 Å². The molecule has 0 amide bonds. The van der Waals surface area contributed by atoms with Crippen LogP contribution in [0, 0.1) is 17.7 Å². The normalized spacial score (nSPS) is 26.6. The fraction of sp³-hybridized carbons (Fsp3) is 0.588. The van der Waals surface area contributed by atoms with Gasteiger partial charge in [-0.1, -0.05) is 17.2 Å². The number of anilines is 1. The summed E-state index contributed by atoms with van der Waals surface area (Å²) in [4.78, 5) is 2.25. The maximum absolute atomic E-state index is 13.0. The van der Waals surface area contributed by atoms with Crippen molar-refractivity contribution in [2.24, 2.45) is 11.8 Å². The summed E-state index contributed by atoms with van der Waals surface area (Å²) in [6.07, 6.45) is 3.49. The average Bonchev–Trinajstić information content (AvgIpc) is 3.19. The minimum absolute atomic E-state index is 0.152. The Bertz CT molecular complexity index is 689. The predicted octanol–water partition coefficient (Wildman–Crippen LogP) is 1.65. The summed E-state index contributed by atoms with van der Waals surface area (Å²) in [6, 6.07) is 6.55. The van der Waals surface area contributed by atoms with E-state index in [1.54, 1.807) is 12.1 Å². The van der Waals surface area contributed by atoms with Crippen molar-refractivity contribution < 1.29 is 9.50 Å². The molecule has 1 aliphatic heterocycles. The smallest absolute Gasteiger partial charge is 0.245 e. The van der Waals surface area contributed by atoms with E-state index in [4.69, 9.17) is 0 Å². The third kappa shape index (κ3) is 3.13. The van der Waals surface area contributed by atoms with Gasteiger partial charge in [-0.25, -0.2) is 9.07 Å². The van der Waals surface area contributed by atoms with E-state index in [1.807, 2.05) is 4.68 Å². The van der Waals surface area contributed by atoms with Crippen LogP contribution in [0.4, 0.5) is 10.3 Å². The number of aliphatic hydroxyl groups excluding tert-OH is 1. The number of nitrogens with zero attached hydrogens (tertiary/aromatic N) is 5. The van der Waals surface area contributed by atoms with Crippen LogP contribution in [0.2, 0.25) is 0 Å². The highest BCUT2D eigenvalue weighted by atomic mass is 19.1. The molecule has 128 valence electrons. The first-order chi connectivity index (χ1) is 11.7. The Morgan fingerprint density at radius 3 is 2.75 bits per heavy atom. The van der Waals surface area contributed by atoms with Gasteiger partial charge in [0, 0.05) is 13.1 Å². The topological polar surface area (TPSA) is 67.1 Å². The summed E-state index contributed by atoms with van der Waals surface area (Å²) in [5, 5.41) is 22.0. The standard InChI is InChI=1S/C17H22FN5O/c18-15-4-1-12(2-5-15)7-8-23-17(19-20-21-23)22-10-13-3-6-16(24)9-14(13)11-22/h1-2,4-5,13-14,16,24H,3,6-11H2/t13-,14+,16-/m1/s1. The summed E-state index contributed by atoms with van der Waals surface area (Å²) in [7, 11) is 0. The van der Waals surface area contributed by atoms with E-state index in [2.05, 4.69) is 20.4 Å². The minimum atomic E-state index is -0.219. The van der Waals surface area contributed by atoms with E-state index in [0.717, 1.165) is 50.3 Å². The van der Waals surface area contributed by atoms with Crippen LogP contribution in [-0.4, -0.2) is 44.5 Å². The number of hydrogen-bond acceptors (Lipinski definition) is 5. The third-order valence-corrected chi connectivity index (χ3v) is 5.34. The molecule has 0 bridgehead atoms. The molecule has 1 aliphatic carbocycles. The molecule has 1 saturated heterocycles. The Morgan fingerprint density at radius 1 is 1.12 bits per heavy atom. The summed E-state index contributed by atoms with van der Waals surface area (Å²) < 4.78 is 14.8. The van der Waals surface area contributed by atoms with Crippen molar-refractivity contribution in [1.82, 2.24) is 20.2 Å². The van der Waals surface area contributed by atoms with E-state index in [-0.39, 0.29) is 11.9 Å². The van der Waals surface area contributed by atoms with Crippen molar-refractivity contribution in [3.63, 3.8) is 0 Å². The number of halogens is 1. The molecule has 1 N–H and O–H groups in total. The van der Waals surface area contributed by atoms with Crippen molar-refractivity contribution in [1.29, 1.82) is 0 Å². The lowest BCUT2D eigenvalue weighted by Gasteiger charge is -2.27. The zero-order chi connectivity index (χ0) is 16.5. The second-order valence-corrected chi connectivity index (χ2v) is 6.97. The van der Waals surface area contributed by atoms with Crippen molar-refractivity contribution in [2.75, 3.05) is 18.0 Å². The molecular formula is C17H22FN5O. The fourth-order valence-corrected chi connectivity index (χ4v) is 4.03. The van der Waals surface area contributed by atoms with Gasteiger partial charge in [-0.3, -0.25) is 0 Å². The van der Waals surface area contributed by atoms with Crippen LogP contribution in [0.25, 0.3) is 0 Å². The second kappa shape index (κ2) is 6.47. The van der Waals surface area contributed by atoms with Gasteiger partial charge in [-0.2, -0.15) is 0 Å². The zero-order valence-electron chi connectivity index (χ0n) is 13.6. The number of fused-ring (bicyclic) bond motifs is 1. The lowest BCUT2D eigenvalue weighted by molar-refractivity contribution is 0.0867. The maximum Gasteiger partial charge on any atom is 0.245 e. The molecule has 2 aromatic rings. The molecule has 0 unspecified atom stereocenters. The molecule has 1 aromatic carbocycles. The number of aliphatic hydroxyl groups is 1. The Kier molecular flexibility index (Phi) is 4.18. The largest absolute Gasteiger partial charge is 0.393 e. The van der Waals surface area contributed by atoms with E-state index < -0.39 is 0 Å². The molecule has 24 heavy (non-hydrogen) atoms. The van der Waals surface area contributed by atoms with Crippen LogP contribution in [-0.2, 0) is 13.0 Å². The number of tetrazole rings is 1. The summed E-state index contributed by atoms with van der Waals surface area (Å²) in [6.45, 7) is 2.55. The van der Waals surface area contributed by atoms with Crippen molar-refractivity contribution >= 4 is 5.95 Å². The first-order valence-corrected chi connectivity index (χ1v) is 8.62. The summed E-state index contributed by atoms with van der Waals surface area (Å²) in [5.74, 6) is 1.76. The molecule has 0 spiro atoms. The first kappa shape index (κ1) is 15.5. The SMILES string of the molecule is O[C@@H]1CC[C@@H]2CN(c3nnnn3CCc3ccc(F)cc3)C[C@@H]2C1. The van der Waals surface area contributed by atoms with Gasteiger partial charge in [0.1, 0.15) is 5.82 Å². The average molecular weight is 331 g/mol. The first-order valence-electron chi connectivity index (χ1n) is 8.62. The summed E-state index contributed by atoms with van der Waals surface area (Å²) >= 11 is 0. The van der Waals surface area contributed by atoms with E-state index in [1.165, 1.54) is 12.1 Å². The number of benzene rings is 1. The molecule has 2 heterocycles. The van der Waals surface area contributed by atoms with E-state index >= 15 is 0 Å². The molecule has 1 aromatic heterocycles. The van der Waals surface area contributed by atoms with Gasteiger partial charge < -0.3 is 10.0 Å². The van der Waals surface area contributed by atoms with Gasteiger partial charge in [0.2, 0.25) is 5.95 Å². The quantitative estimate of drug-likeness (QED) is 0.923. The molecule has 2 fully saturated rings. The molecular weight excluding hydrogens is 309 g/mol. The van der Waals surface area contributed by atoms with Crippen LogP contribution >= 0.6 is 0 Å².